The molecule has 0 aliphatic rings. The normalized spacial score (nSPS) is 11.9. The SMILES string of the molecule is CC(C)Oc1c2sc(=S)sc2c(OC(C)C)c2sc(=S)sc12. The van der Waals surface area contributed by atoms with Crippen molar-refractivity contribution in [3.63, 3.8) is 0 Å². The van der Waals surface area contributed by atoms with Gasteiger partial charge in [-0.2, -0.15) is 0 Å². The summed E-state index contributed by atoms with van der Waals surface area (Å²) < 4.78 is 18.3. The smallest absolute Gasteiger partial charge is 0.157 e. The molecule has 0 bridgehead atoms. The van der Waals surface area contributed by atoms with Crippen molar-refractivity contribution in [2.45, 2.75) is 39.9 Å². The molecule has 2 nitrogen and oxygen atoms in total. The van der Waals surface area contributed by atoms with Crippen LogP contribution in [0.2, 0.25) is 0 Å². The summed E-state index contributed by atoms with van der Waals surface area (Å²) in [6.07, 6.45) is 0.203. The number of ether oxygens (including phenoxy) is 2. The molecule has 0 aliphatic carbocycles. The minimum absolute atomic E-state index is 0.101. The standard InChI is InChI=1S/C14H14O2S6/c1-5(2)15-7-9-11(21-13(17)19-9)8(16-6(3)4)12-10(7)20-14(18)22-12/h5-6H,1-4H3. The van der Waals surface area contributed by atoms with Gasteiger partial charge in [0.25, 0.3) is 0 Å². The summed E-state index contributed by atoms with van der Waals surface area (Å²) in [5, 5.41) is 0. The summed E-state index contributed by atoms with van der Waals surface area (Å²) in [7, 11) is 0. The van der Waals surface area contributed by atoms with Crippen LogP contribution < -0.4 is 9.47 Å². The van der Waals surface area contributed by atoms with E-state index in [0.717, 1.165) is 36.6 Å². The van der Waals surface area contributed by atoms with Gasteiger partial charge in [0, 0.05) is 0 Å². The molecule has 0 atom stereocenters. The predicted molar refractivity (Wildman–Crippen MR) is 106 cm³/mol. The zero-order valence-electron chi connectivity index (χ0n) is 12.4. The van der Waals surface area contributed by atoms with Crippen LogP contribution in [0.15, 0.2) is 0 Å². The Morgan fingerprint density at radius 1 is 0.636 bits per heavy atom. The number of rotatable bonds is 4. The molecule has 0 N–H and O–H groups in total. The topological polar surface area (TPSA) is 18.5 Å². The molecule has 0 saturated carbocycles. The second kappa shape index (κ2) is 6.41. The van der Waals surface area contributed by atoms with E-state index in [1.807, 2.05) is 27.7 Å². The van der Waals surface area contributed by atoms with Crippen LogP contribution in [0.25, 0.3) is 18.8 Å². The molecule has 0 radical (unpaired) electrons. The van der Waals surface area contributed by atoms with Crippen LogP contribution in [0.3, 0.4) is 0 Å². The van der Waals surface area contributed by atoms with E-state index in [9.17, 15) is 0 Å². The van der Waals surface area contributed by atoms with Crippen LogP contribution in [0.5, 0.6) is 11.5 Å². The predicted octanol–water partition coefficient (Wildman–Crippen LogP) is 7.27. The summed E-state index contributed by atoms with van der Waals surface area (Å²) in [5.74, 6) is 1.82. The fourth-order valence-electron chi connectivity index (χ4n) is 2.05. The third-order valence-electron chi connectivity index (χ3n) is 2.69. The number of hydrogen-bond acceptors (Lipinski definition) is 8. The minimum Gasteiger partial charge on any atom is -0.488 e. The fourth-order valence-corrected chi connectivity index (χ4v) is 7.39. The van der Waals surface area contributed by atoms with Crippen molar-refractivity contribution in [2.24, 2.45) is 0 Å². The molecule has 2 aromatic heterocycles. The number of benzene rings is 1. The van der Waals surface area contributed by atoms with Crippen LogP contribution in [0.4, 0.5) is 0 Å². The van der Waals surface area contributed by atoms with Gasteiger partial charge < -0.3 is 9.47 Å². The fraction of sp³-hybridized carbons (Fsp3) is 0.429. The second-order valence-electron chi connectivity index (χ2n) is 5.22. The Labute approximate surface area is 155 Å². The van der Waals surface area contributed by atoms with Crippen molar-refractivity contribution < 1.29 is 9.47 Å². The van der Waals surface area contributed by atoms with Crippen LogP contribution >= 0.6 is 69.8 Å². The first-order chi connectivity index (χ1) is 10.4. The summed E-state index contributed by atoms with van der Waals surface area (Å²) >= 11 is 17.2. The monoisotopic (exact) mass is 406 g/mol. The van der Waals surface area contributed by atoms with E-state index in [1.54, 1.807) is 45.3 Å². The maximum Gasteiger partial charge on any atom is 0.157 e. The van der Waals surface area contributed by atoms with Gasteiger partial charge in [0.2, 0.25) is 0 Å². The third kappa shape index (κ3) is 3.09. The van der Waals surface area contributed by atoms with Crippen molar-refractivity contribution in [3.05, 3.63) is 6.28 Å². The minimum atomic E-state index is 0.101. The van der Waals surface area contributed by atoms with Gasteiger partial charge in [0.15, 0.2) is 11.5 Å². The maximum atomic E-state index is 6.11. The largest absolute Gasteiger partial charge is 0.488 e. The van der Waals surface area contributed by atoms with Crippen LogP contribution in [0, 0.1) is 6.28 Å². The van der Waals surface area contributed by atoms with E-state index in [2.05, 4.69) is 0 Å². The van der Waals surface area contributed by atoms with Gasteiger partial charge in [-0.25, -0.2) is 0 Å². The van der Waals surface area contributed by atoms with Crippen LogP contribution in [-0.2, 0) is 0 Å². The molecule has 0 spiro atoms. The van der Waals surface area contributed by atoms with E-state index in [0.29, 0.717) is 0 Å². The van der Waals surface area contributed by atoms with Gasteiger partial charge in [0.05, 0.1) is 31.0 Å². The molecule has 0 aliphatic heterocycles. The molecule has 2 heterocycles. The van der Waals surface area contributed by atoms with Gasteiger partial charge in [0.1, 0.15) is 6.28 Å². The Balaban J connectivity index is 2.46. The molecule has 0 unspecified atom stereocenters. The summed E-state index contributed by atoms with van der Waals surface area (Å²) in [4.78, 5) is 0. The van der Waals surface area contributed by atoms with Crippen molar-refractivity contribution in [3.8, 4) is 11.5 Å². The molecular weight excluding hydrogens is 393 g/mol. The first-order valence-electron chi connectivity index (χ1n) is 6.73. The van der Waals surface area contributed by atoms with Crippen molar-refractivity contribution in [1.29, 1.82) is 0 Å². The number of hydrogen-bond donors (Lipinski definition) is 0. The van der Waals surface area contributed by atoms with Gasteiger partial charge in [-0.1, -0.05) is 24.4 Å². The summed E-state index contributed by atoms with van der Waals surface area (Å²) in [6, 6.07) is 0. The molecule has 0 saturated heterocycles. The lowest BCUT2D eigenvalue weighted by atomic mass is 10.3. The highest BCUT2D eigenvalue weighted by Gasteiger charge is 2.22. The Kier molecular flexibility index (Phi) is 4.87. The summed E-state index contributed by atoms with van der Waals surface area (Å²) in [6.45, 7) is 8.14. The first-order valence-corrected chi connectivity index (χ1v) is 10.8. The third-order valence-corrected chi connectivity index (χ3v) is 7.99. The Hall–Kier alpha value is -0.120. The number of fused-ring (bicyclic) bond motifs is 2. The average Bonchev–Trinajstić information content (AvgIpc) is 2.95. The molecule has 3 rings (SSSR count). The summed E-state index contributed by atoms with van der Waals surface area (Å²) in [5.41, 5.74) is 0. The van der Waals surface area contributed by atoms with Gasteiger partial charge in [-0.15, -0.1) is 45.3 Å². The molecule has 8 heteroatoms. The van der Waals surface area contributed by atoms with E-state index in [-0.39, 0.29) is 12.2 Å². The lowest BCUT2D eigenvalue weighted by molar-refractivity contribution is 0.245. The highest BCUT2D eigenvalue weighted by Crippen LogP contribution is 2.52. The van der Waals surface area contributed by atoms with Gasteiger partial charge >= 0.3 is 0 Å². The van der Waals surface area contributed by atoms with Crippen molar-refractivity contribution >= 4 is 88.6 Å². The lowest BCUT2D eigenvalue weighted by Crippen LogP contribution is -2.07. The zero-order chi connectivity index (χ0) is 16.0. The van der Waals surface area contributed by atoms with E-state index in [1.165, 1.54) is 0 Å². The van der Waals surface area contributed by atoms with Crippen molar-refractivity contribution in [1.82, 2.24) is 0 Å². The van der Waals surface area contributed by atoms with E-state index in [4.69, 9.17) is 33.9 Å². The lowest BCUT2D eigenvalue weighted by Gasteiger charge is -2.15. The molecule has 0 fully saturated rings. The molecule has 22 heavy (non-hydrogen) atoms. The van der Waals surface area contributed by atoms with Gasteiger partial charge in [-0.3, -0.25) is 0 Å². The first kappa shape index (κ1) is 16.7. The zero-order valence-corrected chi connectivity index (χ0v) is 17.3. The van der Waals surface area contributed by atoms with E-state index < -0.39 is 0 Å². The quantitative estimate of drug-likeness (QED) is 0.424. The average molecular weight is 407 g/mol. The second-order valence-corrected chi connectivity index (χ2v) is 11.7. The van der Waals surface area contributed by atoms with E-state index >= 15 is 0 Å². The maximum absolute atomic E-state index is 6.11. The molecule has 3 aromatic rings. The van der Waals surface area contributed by atoms with Crippen molar-refractivity contribution in [2.75, 3.05) is 0 Å². The molecule has 1 aromatic carbocycles. The molecule has 0 amide bonds. The Morgan fingerprint density at radius 2 is 0.909 bits per heavy atom. The van der Waals surface area contributed by atoms with Gasteiger partial charge in [-0.05, 0) is 27.7 Å². The van der Waals surface area contributed by atoms with Crippen LogP contribution in [0.1, 0.15) is 27.7 Å². The molecular formula is C14H14O2S6. The highest BCUT2D eigenvalue weighted by atomic mass is 32.2. The Bertz CT molecular complexity index is 803. The highest BCUT2D eigenvalue weighted by molar-refractivity contribution is 7.77. The molecule has 118 valence electrons. The Morgan fingerprint density at radius 3 is 1.14 bits per heavy atom. The van der Waals surface area contributed by atoms with Crippen LogP contribution in [-0.4, -0.2) is 12.2 Å².